The summed E-state index contributed by atoms with van der Waals surface area (Å²) in [6, 6.07) is 0. The van der Waals surface area contributed by atoms with Crippen LogP contribution in [0, 0.1) is 5.41 Å². The zero-order valence-electron chi connectivity index (χ0n) is 11.6. The molecule has 1 saturated carbocycles. The van der Waals surface area contributed by atoms with Gasteiger partial charge >= 0.3 is 0 Å². The maximum absolute atomic E-state index is 6.43. The summed E-state index contributed by atoms with van der Waals surface area (Å²) in [6.07, 6.45) is 10.6. The van der Waals surface area contributed by atoms with Crippen LogP contribution in [0.2, 0.25) is 0 Å². The average molecular weight is 259 g/mol. The van der Waals surface area contributed by atoms with Crippen LogP contribution in [0.25, 0.3) is 0 Å². The van der Waals surface area contributed by atoms with Crippen molar-refractivity contribution in [2.24, 2.45) is 5.41 Å². The van der Waals surface area contributed by atoms with E-state index in [2.05, 4.69) is 20.8 Å². The summed E-state index contributed by atoms with van der Waals surface area (Å²) in [5, 5.41) is 0.270. The quantitative estimate of drug-likeness (QED) is 0.654. The second-order valence-corrected chi connectivity index (χ2v) is 7.61. The molecule has 1 aliphatic carbocycles. The molecule has 0 aromatic heterocycles. The molecule has 2 rings (SSSR count). The van der Waals surface area contributed by atoms with E-state index < -0.39 is 0 Å². The highest BCUT2D eigenvalue weighted by atomic mass is 35.5. The molecule has 2 atom stereocenters. The molecule has 2 unspecified atom stereocenters. The van der Waals surface area contributed by atoms with Gasteiger partial charge in [-0.1, -0.05) is 33.6 Å². The van der Waals surface area contributed by atoms with Gasteiger partial charge in [0.1, 0.15) is 0 Å². The van der Waals surface area contributed by atoms with Gasteiger partial charge in [0, 0.05) is 5.38 Å². The van der Waals surface area contributed by atoms with Crippen molar-refractivity contribution < 1.29 is 4.74 Å². The van der Waals surface area contributed by atoms with Gasteiger partial charge in [0.25, 0.3) is 0 Å². The minimum Gasteiger partial charge on any atom is -0.372 e. The largest absolute Gasteiger partial charge is 0.372 e. The van der Waals surface area contributed by atoms with Gasteiger partial charge in [-0.15, -0.1) is 11.6 Å². The Balaban J connectivity index is 1.75. The number of alkyl halides is 1. The lowest BCUT2D eigenvalue weighted by molar-refractivity contribution is -0.0399. The lowest BCUT2D eigenvalue weighted by Crippen LogP contribution is -2.26. The zero-order valence-corrected chi connectivity index (χ0v) is 12.4. The predicted octanol–water partition coefficient (Wildman–Crippen LogP) is 4.91. The third-order valence-electron chi connectivity index (χ3n) is 4.54. The molecular weight excluding hydrogens is 232 g/mol. The fourth-order valence-electron chi connectivity index (χ4n) is 3.25. The maximum Gasteiger partial charge on any atom is 0.0687 e. The molecule has 0 aromatic carbocycles. The van der Waals surface area contributed by atoms with Gasteiger partial charge in [-0.3, -0.25) is 0 Å². The van der Waals surface area contributed by atoms with E-state index in [9.17, 15) is 0 Å². The molecule has 0 amide bonds. The standard InChI is InChI=1S/C15H27ClO/c1-14(2,3)13(16)7-6-12-8-11-15(17-12)9-4-5-10-15/h12-13H,4-11H2,1-3H3. The third-order valence-corrected chi connectivity index (χ3v) is 5.41. The smallest absolute Gasteiger partial charge is 0.0687 e. The van der Waals surface area contributed by atoms with Crippen LogP contribution in [0.3, 0.4) is 0 Å². The van der Waals surface area contributed by atoms with E-state index in [0.29, 0.717) is 6.10 Å². The topological polar surface area (TPSA) is 9.23 Å². The summed E-state index contributed by atoms with van der Waals surface area (Å²) in [6.45, 7) is 6.66. The Hall–Kier alpha value is 0.250. The van der Waals surface area contributed by atoms with Crippen LogP contribution in [0.5, 0.6) is 0 Å². The Kier molecular flexibility index (Phi) is 4.09. The minimum atomic E-state index is 0.213. The van der Waals surface area contributed by atoms with Crippen LogP contribution in [0.15, 0.2) is 0 Å². The molecule has 1 aliphatic heterocycles. The first-order chi connectivity index (χ1) is 7.91. The Bertz CT molecular complexity index is 250. The summed E-state index contributed by atoms with van der Waals surface area (Å²) in [7, 11) is 0. The lowest BCUT2D eigenvalue weighted by Gasteiger charge is -2.27. The monoisotopic (exact) mass is 258 g/mol. The molecule has 0 radical (unpaired) electrons. The van der Waals surface area contributed by atoms with E-state index in [-0.39, 0.29) is 16.4 Å². The Morgan fingerprint density at radius 3 is 2.47 bits per heavy atom. The van der Waals surface area contributed by atoms with E-state index in [1.807, 2.05) is 0 Å². The number of halogens is 1. The second-order valence-electron chi connectivity index (χ2n) is 7.08. The fourth-order valence-corrected chi connectivity index (χ4v) is 3.38. The van der Waals surface area contributed by atoms with Crippen molar-refractivity contribution in [3.05, 3.63) is 0 Å². The molecule has 2 fully saturated rings. The Labute approximate surface area is 111 Å². The van der Waals surface area contributed by atoms with Crippen molar-refractivity contribution in [1.82, 2.24) is 0 Å². The molecule has 0 bridgehead atoms. The molecule has 2 heteroatoms. The second kappa shape index (κ2) is 5.09. The number of ether oxygens (including phenoxy) is 1. The number of hydrogen-bond donors (Lipinski definition) is 0. The molecule has 1 saturated heterocycles. The molecule has 1 spiro atoms. The maximum atomic E-state index is 6.43. The summed E-state index contributed by atoms with van der Waals surface area (Å²) in [5.74, 6) is 0. The molecule has 100 valence electrons. The summed E-state index contributed by atoms with van der Waals surface area (Å²) >= 11 is 6.43. The van der Waals surface area contributed by atoms with Crippen molar-refractivity contribution in [1.29, 1.82) is 0 Å². The fraction of sp³-hybridized carbons (Fsp3) is 1.00. The first-order valence-electron chi connectivity index (χ1n) is 7.23. The highest BCUT2D eigenvalue weighted by molar-refractivity contribution is 6.21. The van der Waals surface area contributed by atoms with Crippen LogP contribution in [-0.2, 0) is 4.74 Å². The minimum absolute atomic E-state index is 0.213. The van der Waals surface area contributed by atoms with Crippen LogP contribution in [-0.4, -0.2) is 17.1 Å². The molecular formula is C15H27ClO. The van der Waals surface area contributed by atoms with E-state index in [1.54, 1.807) is 0 Å². The molecule has 17 heavy (non-hydrogen) atoms. The van der Waals surface area contributed by atoms with Crippen molar-refractivity contribution >= 4 is 11.6 Å². The summed E-state index contributed by atoms with van der Waals surface area (Å²) in [5.41, 5.74) is 0.499. The average Bonchev–Trinajstić information content (AvgIpc) is 2.85. The van der Waals surface area contributed by atoms with Gasteiger partial charge in [-0.2, -0.15) is 0 Å². The number of rotatable bonds is 3. The number of hydrogen-bond acceptors (Lipinski definition) is 1. The van der Waals surface area contributed by atoms with Crippen LogP contribution in [0.1, 0.15) is 72.1 Å². The van der Waals surface area contributed by atoms with Crippen LogP contribution >= 0.6 is 11.6 Å². The zero-order chi connectivity index (χ0) is 12.5. The van der Waals surface area contributed by atoms with Crippen molar-refractivity contribution in [2.75, 3.05) is 0 Å². The van der Waals surface area contributed by atoms with Crippen molar-refractivity contribution in [3.8, 4) is 0 Å². The highest BCUT2D eigenvalue weighted by Crippen LogP contribution is 2.44. The van der Waals surface area contributed by atoms with Gasteiger partial charge in [-0.05, 0) is 43.9 Å². The van der Waals surface area contributed by atoms with Gasteiger partial charge in [0.2, 0.25) is 0 Å². The molecule has 1 heterocycles. The third kappa shape index (κ3) is 3.38. The first kappa shape index (κ1) is 13.7. The van der Waals surface area contributed by atoms with Crippen LogP contribution < -0.4 is 0 Å². The molecule has 0 aromatic rings. The van der Waals surface area contributed by atoms with Crippen molar-refractivity contribution in [2.45, 2.75) is 89.2 Å². The predicted molar refractivity (Wildman–Crippen MR) is 73.6 cm³/mol. The van der Waals surface area contributed by atoms with Crippen LogP contribution in [0.4, 0.5) is 0 Å². The SMILES string of the molecule is CC(C)(C)C(Cl)CCC1CCC2(CCCC2)O1. The van der Waals surface area contributed by atoms with Crippen molar-refractivity contribution in [3.63, 3.8) is 0 Å². The summed E-state index contributed by atoms with van der Waals surface area (Å²) in [4.78, 5) is 0. The molecule has 0 N–H and O–H groups in total. The van der Waals surface area contributed by atoms with E-state index in [1.165, 1.54) is 38.5 Å². The van der Waals surface area contributed by atoms with Gasteiger partial charge in [0.15, 0.2) is 0 Å². The molecule has 1 nitrogen and oxygen atoms in total. The molecule has 2 aliphatic rings. The van der Waals surface area contributed by atoms with Gasteiger partial charge in [0.05, 0.1) is 11.7 Å². The van der Waals surface area contributed by atoms with Gasteiger partial charge < -0.3 is 4.74 Å². The highest BCUT2D eigenvalue weighted by Gasteiger charge is 2.42. The van der Waals surface area contributed by atoms with E-state index in [0.717, 1.165) is 12.8 Å². The first-order valence-corrected chi connectivity index (χ1v) is 7.67. The van der Waals surface area contributed by atoms with Gasteiger partial charge in [-0.25, -0.2) is 0 Å². The lowest BCUT2D eigenvalue weighted by atomic mass is 9.88. The normalized spacial score (nSPS) is 30.0. The summed E-state index contributed by atoms with van der Waals surface area (Å²) < 4.78 is 6.31. The van der Waals surface area contributed by atoms with E-state index in [4.69, 9.17) is 16.3 Å². The van der Waals surface area contributed by atoms with E-state index >= 15 is 0 Å². The Morgan fingerprint density at radius 2 is 1.88 bits per heavy atom. The Morgan fingerprint density at radius 1 is 1.24 bits per heavy atom.